The van der Waals surface area contributed by atoms with Crippen molar-refractivity contribution >= 4 is 39.2 Å². The Balaban J connectivity index is 2.40. The van der Waals surface area contributed by atoms with Crippen LogP contribution in [0.2, 0.25) is 10.0 Å². The molecule has 0 amide bonds. The molecule has 23 heavy (non-hydrogen) atoms. The van der Waals surface area contributed by atoms with Crippen LogP contribution in [0.15, 0.2) is 53.4 Å². The number of halogens is 2. The molecule has 0 spiro atoms. The third-order valence-corrected chi connectivity index (χ3v) is 5.57. The van der Waals surface area contributed by atoms with Crippen molar-refractivity contribution in [2.24, 2.45) is 0 Å². The van der Waals surface area contributed by atoms with Crippen LogP contribution < -0.4 is 0 Å². The second kappa shape index (κ2) is 7.31. The number of benzene rings is 2. The molecule has 0 aromatic heterocycles. The average molecular weight is 374 g/mol. The van der Waals surface area contributed by atoms with Gasteiger partial charge in [0, 0.05) is 6.54 Å². The number of hydrogen-bond acceptors (Lipinski definition) is 3. The van der Waals surface area contributed by atoms with Crippen LogP contribution in [0.5, 0.6) is 0 Å². The first-order chi connectivity index (χ1) is 10.8. The lowest BCUT2D eigenvalue weighted by atomic mass is 10.2. The molecule has 0 atom stereocenters. The lowest BCUT2D eigenvalue weighted by molar-refractivity contribution is -0.137. The van der Waals surface area contributed by atoms with Gasteiger partial charge in [-0.2, -0.15) is 4.31 Å². The van der Waals surface area contributed by atoms with Gasteiger partial charge in [-0.3, -0.25) is 4.79 Å². The third kappa shape index (κ3) is 4.45. The number of carboxylic acid groups (broad SMARTS) is 1. The van der Waals surface area contributed by atoms with Gasteiger partial charge in [0.25, 0.3) is 0 Å². The zero-order valence-corrected chi connectivity index (χ0v) is 14.1. The van der Waals surface area contributed by atoms with E-state index in [0.717, 1.165) is 4.31 Å². The van der Waals surface area contributed by atoms with Gasteiger partial charge in [0.15, 0.2) is 0 Å². The van der Waals surface area contributed by atoms with Crippen molar-refractivity contribution in [1.82, 2.24) is 4.31 Å². The molecule has 2 aromatic carbocycles. The van der Waals surface area contributed by atoms with Gasteiger partial charge in [-0.05, 0) is 23.8 Å². The number of rotatable bonds is 6. The molecular weight excluding hydrogens is 361 g/mol. The number of carboxylic acids is 1. The van der Waals surface area contributed by atoms with E-state index in [4.69, 9.17) is 28.3 Å². The molecular formula is C15H13Cl2NO4S. The van der Waals surface area contributed by atoms with E-state index in [1.54, 1.807) is 30.3 Å². The van der Waals surface area contributed by atoms with Crippen LogP contribution in [0.1, 0.15) is 5.56 Å². The van der Waals surface area contributed by atoms with E-state index in [-0.39, 0.29) is 21.5 Å². The Bertz CT molecular complexity index is 809. The zero-order valence-electron chi connectivity index (χ0n) is 11.8. The van der Waals surface area contributed by atoms with Gasteiger partial charge in [0.05, 0.1) is 14.9 Å². The van der Waals surface area contributed by atoms with Crippen molar-refractivity contribution in [2.45, 2.75) is 11.4 Å². The monoisotopic (exact) mass is 373 g/mol. The molecule has 0 aliphatic heterocycles. The smallest absolute Gasteiger partial charge is 0.318 e. The predicted molar refractivity (Wildman–Crippen MR) is 88.1 cm³/mol. The fourth-order valence-corrected chi connectivity index (χ4v) is 3.72. The molecule has 1 N–H and O–H groups in total. The summed E-state index contributed by atoms with van der Waals surface area (Å²) in [7, 11) is -4.02. The van der Waals surface area contributed by atoms with Gasteiger partial charge < -0.3 is 5.11 Å². The van der Waals surface area contributed by atoms with Gasteiger partial charge in [0.1, 0.15) is 6.54 Å². The van der Waals surface area contributed by atoms with E-state index < -0.39 is 22.5 Å². The highest BCUT2D eigenvalue weighted by Crippen LogP contribution is 2.27. The van der Waals surface area contributed by atoms with E-state index >= 15 is 0 Å². The maximum Gasteiger partial charge on any atom is 0.318 e. The van der Waals surface area contributed by atoms with E-state index in [1.807, 2.05) is 0 Å². The van der Waals surface area contributed by atoms with Crippen LogP contribution >= 0.6 is 23.2 Å². The van der Waals surface area contributed by atoms with E-state index in [1.165, 1.54) is 18.2 Å². The summed E-state index contributed by atoms with van der Waals surface area (Å²) < 4.78 is 26.3. The summed E-state index contributed by atoms with van der Waals surface area (Å²) in [5.41, 5.74) is 0.678. The summed E-state index contributed by atoms with van der Waals surface area (Å²) in [5, 5.41) is 9.32. The van der Waals surface area contributed by atoms with Crippen LogP contribution in [0, 0.1) is 0 Å². The second-order valence-corrected chi connectivity index (χ2v) is 7.48. The molecule has 0 aliphatic carbocycles. The molecule has 0 aliphatic rings. The van der Waals surface area contributed by atoms with Crippen LogP contribution in [0.4, 0.5) is 0 Å². The summed E-state index contributed by atoms with van der Waals surface area (Å²) >= 11 is 11.6. The van der Waals surface area contributed by atoms with E-state index in [0.29, 0.717) is 5.56 Å². The first-order valence-corrected chi connectivity index (χ1v) is 8.71. The van der Waals surface area contributed by atoms with E-state index in [9.17, 15) is 13.2 Å². The largest absolute Gasteiger partial charge is 0.480 e. The molecule has 122 valence electrons. The standard InChI is InChI=1S/C15H13Cl2NO4S/c16-13-7-6-12(8-14(13)17)23(21,22)18(10-15(19)20)9-11-4-2-1-3-5-11/h1-8H,9-10H2,(H,19,20). The SMILES string of the molecule is O=C(O)CN(Cc1ccccc1)S(=O)(=O)c1ccc(Cl)c(Cl)c1. The first kappa shape index (κ1) is 17.7. The Morgan fingerprint density at radius 3 is 2.26 bits per heavy atom. The first-order valence-electron chi connectivity index (χ1n) is 6.51. The third-order valence-electron chi connectivity index (χ3n) is 3.04. The molecule has 0 heterocycles. The van der Waals surface area contributed by atoms with Crippen LogP contribution in [-0.4, -0.2) is 30.3 Å². The minimum absolute atomic E-state index is 0.0598. The highest BCUT2D eigenvalue weighted by atomic mass is 35.5. The summed E-state index contributed by atoms with van der Waals surface area (Å²) in [6, 6.07) is 12.6. The van der Waals surface area contributed by atoms with Crippen LogP contribution in [0.3, 0.4) is 0 Å². The number of sulfonamides is 1. The number of aliphatic carboxylic acids is 1. The Labute approximate surface area is 144 Å². The number of hydrogen-bond donors (Lipinski definition) is 1. The lowest BCUT2D eigenvalue weighted by Crippen LogP contribution is -2.35. The van der Waals surface area contributed by atoms with Crippen molar-refractivity contribution in [3.63, 3.8) is 0 Å². The Kier molecular flexibility index (Phi) is 5.64. The van der Waals surface area contributed by atoms with Crippen molar-refractivity contribution < 1.29 is 18.3 Å². The zero-order chi connectivity index (χ0) is 17.0. The summed E-state index contributed by atoms with van der Waals surface area (Å²) in [4.78, 5) is 10.9. The van der Waals surface area contributed by atoms with Crippen molar-refractivity contribution in [3.8, 4) is 0 Å². The van der Waals surface area contributed by atoms with Gasteiger partial charge in [0.2, 0.25) is 10.0 Å². The molecule has 0 saturated heterocycles. The molecule has 5 nitrogen and oxygen atoms in total. The maximum absolute atomic E-state index is 12.7. The normalized spacial score (nSPS) is 11.6. The molecule has 0 radical (unpaired) electrons. The molecule has 0 unspecified atom stereocenters. The second-order valence-electron chi connectivity index (χ2n) is 4.73. The topological polar surface area (TPSA) is 74.7 Å². The molecule has 2 rings (SSSR count). The van der Waals surface area contributed by atoms with Crippen molar-refractivity contribution in [3.05, 3.63) is 64.1 Å². The quantitative estimate of drug-likeness (QED) is 0.842. The summed E-state index contributed by atoms with van der Waals surface area (Å²) in [5.74, 6) is -1.25. The highest BCUT2D eigenvalue weighted by molar-refractivity contribution is 7.89. The van der Waals surface area contributed by atoms with Crippen molar-refractivity contribution in [2.75, 3.05) is 6.54 Å². The van der Waals surface area contributed by atoms with E-state index in [2.05, 4.69) is 0 Å². The Morgan fingerprint density at radius 1 is 1.04 bits per heavy atom. The number of nitrogens with zero attached hydrogens (tertiary/aromatic N) is 1. The van der Waals surface area contributed by atoms with Crippen LogP contribution in [0.25, 0.3) is 0 Å². The lowest BCUT2D eigenvalue weighted by Gasteiger charge is -2.20. The van der Waals surface area contributed by atoms with Gasteiger partial charge in [-0.25, -0.2) is 8.42 Å². The van der Waals surface area contributed by atoms with Gasteiger partial charge >= 0.3 is 5.97 Å². The van der Waals surface area contributed by atoms with Crippen molar-refractivity contribution in [1.29, 1.82) is 0 Å². The summed E-state index contributed by atoms with van der Waals surface area (Å²) in [6.45, 7) is -0.715. The minimum Gasteiger partial charge on any atom is -0.480 e. The fraction of sp³-hybridized carbons (Fsp3) is 0.133. The van der Waals surface area contributed by atoms with Crippen LogP contribution in [-0.2, 0) is 21.4 Å². The molecule has 2 aromatic rings. The van der Waals surface area contributed by atoms with Gasteiger partial charge in [-0.15, -0.1) is 0 Å². The Morgan fingerprint density at radius 2 is 1.70 bits per heavy atom. The molecule has 0 fully saturated rings. The minimum atomic E-state index is -4.02. The summed E-state index contributed by atoms with van der Waals surface area (Å²) in [6.07, 6.45) is 0. The molecule has 0 bridgehead atoms. The predicted octanol–water partition coefficient (Wildman–Crippen LogP) is 3.27. The average Bonchev–Trinajstić information content (AvgIpc) is 2.50. The maximum atomic E-state index is 12.7. The fourth-order valence-electron chi connectivity index (χ4n) is 1.95. The van der Waals surface area contributed by atoms with Gasteiger partial charge in [-0.1, -0.05) is 53.5 Å². The Hall–Kier alpha value is -1.60. The molecule has 0 saturated carbocycles. The highest BCUT2D eigenvalue weighted by Gasteiger charge is 2.27. The molecule has 8 heteroatoms. The number of carbonyl (C=O) groups is 1.